The van der Waals surface area contributed by atoms with E-state index in [4.69, 9.17) is 20.9 Å². The number of rotatable bonds is 6. The molecule has 90 valence electrons. The van der Waals surface area contributed by atoms with Crippen LogP contribution >= 0.6 is 0 Å². The van der Waals surface area contributed by atoms with Crippen LogP contribution in [0.5, 0.6) is 11.5 Å². The molecule has 4 nitrogen and oxygen atoms in total. The maximum Gasteiger partial charge on any atom is 0.119 e. The molecule has 0 aliphatic heterocycles. The van der Waals surface area contributed by atoms with Gasteiger partial charge in [0.25, 0.3) is 0 Å². The predicted molar refractivity (Wildman–Crippen MR) is 64.7 cm³/mol. The van der Waals surface area contributed by atoms with Crippen LogP contribution in [0.2, 0.25) is 0 Å². The van der Waals surface area contributed by atoms with E-state index in [1.807, 2.05) is 38.1 Å². The van der Waals surface area contributed by atoms with Gasteiger partial charge in [0.15, 0.2) is 0 Å². The van der Waals surface area contributed by atoms with E-state index in [9.17, 15) is 0 Å². The molecule has 2 unspecified atom stereocenters. The van der Waals surface area contributed by atoms with Crippen LogP contribution in [-0.4, -0.2) is 25.3 Å². The molecule has 0 saturated carbocycles. The highest BCUT2D eigenvalue weighted by Gasteiger charge is 1.99. The van der Waals surface area contributed by atoms with Gasteiger partial charge in [0.2, 0.25) is 0 Å². The van der Waals surface area contributed by atoms with Crippen LogP contribution in [0.4, 0.5) is 0 Å². The van der Waals surface area contributed by atoms with E-state index < -0.39 is 0 Å². The quantitative estimate of drug-likeness (QED) is 0.760. The summed E-state index contributed by atoms with van der Waals surface area (Å²) >= 11 is 0. The lowest BCUT2D eigenvalue weighted by atomic mass is 10.3. The number of hydrogen-bond acceptors (Lipinski definition) is 4. The molecule has 0 bridgehead atoms. The summed E-state index contributed by atoms with van der Waals surface area (Å²) in [7, 11) is 0. The van der Waals surface area contributed by atoms with Crippen LogP contribution < -0.4 is 20.9 Å². The molecule has 0 saturated heterocycles. The molecule has 0 aromatic heterocycles. The topological polar surface area (TPSA) is 70.5 Å². The monoisotopic (exact) mass is 224 g/mol. The largest absolute Gasteiger partial charge is 0.492 e. The Morgan fingerprint density at radius 3 is 1.44 bits per heavy atom. The van der Waals surface area contributed by atoms with Gasteiger partial charge >= 0.3 is 0 Å². The third-order valence-corrected chi connectivity index (χ3v) is 1.85. The Morgan fingerprint density at radius 2 is 1.19 bits per heavy atom. The molecular weight excluding hydrogens is 204 g/mol. The van der Waals surface area contributed by atoms with E-state index in [-0.39, 0.29) is 12.1 Å². The molecule has 0 radical (unpaired) electrons. The van der Waals surface area contributed by atoms with Crippen molar-refractivity contribution in [1.82, 2.24) is 0 Å². The number of ether oxygens (including phenoxy) is 2. The molecule has 0 fully saturated rings. The van der Waals surface area contributed by atoms with Crippen molar-refractivity contribution in [1.29, 1.82) is 0 Å². The van der Waals surface area contributed by atoms with E-state index >= 15 is 0 Å². The first-order valence-corrected chi connectivity index (χ1v) is 5.44. The molecular formula is C12H20N2O2. The Morgan fingerprint density at radius 1 is 0.875 bits per heavy atom. The van der Waals surface area contributed by atoms with Gasteiger partial charge in [0.1, 0.15) is 24.7 Å². The highest BCUT2D eigenvalue weighted by Crippen LogP contribution is 2.17. The fourth-order valence-corrected chi connectivity index (χ4v) is 1.09. The van der Waals surface area contributed by atoms with Crippen molar-refractivity contribution in [3.63, 3.8) is 0 Å². The Balaban J connectivity index is 2.41. The zero-order valence-corrected chi connectivity index (χ0v) is 9.85. The first-order valence-electron chi connectivity index (χ1n) is 5.44. The summed E-state index contributed by atoms with van der Waals surface area (Å²) in [6.45, 7) is 4.83. The minimum Gasteiger partial charge on any atom is -0.492 e. The van der Waals surface area contributed by atoms with Crippen molar-refractivity contribution < 1.29 is 9.47 Å². The minimum atomic E-state index is 0.0361. The van der Waals surface area contributed by atoms with E-state index in [1.165, 1.54) is 0 Å². The first-order chi connectivity index (χ1) is 7.58. The van der Waals surface area contributed by atoms with E-state index in [2.05, 4.69) is 0 Å². The normalized spacial score (nSPS) is 14.2. The van der Waals surface area contributed by atoms with Crippen LogP contribution in [0.15, 0.2) is 24.3 Å². The molecule has 1 aromatic carbocycles. The maximum atomic E-state index is 5.59. The van der Waals surface area contributed by atoms with Gasteiger partial charge in [-0.1, -0.05) is 0 Å². The molecule has 2 atom stereocenters. The van der Waals surface area contributed by atoms with Gasteiger partial charge in [0, 0.05) is 12.1 Å². The van der Waals surface area contributed by atoms with E-state index in [0.29, 0.717) is 13.2 Å². The van der Waals surface area contributed by atoms with Crippen LogP contribution in [-0.2, 0) is 0 Å². The standard InChI is InChI=1S/C12H20N2O2/c1-9(13)7-15-11-3-5-12(6-4-11)16-8-10(2)14/h3-6,9-10H,7-8,13-14H2,1-2H3. The Kier molecular flexibility index (Phi) is 5.08. The Bertz CT molecular complexity index is 265. The van der Waals surface area contributed by atoms with Crippen LogP contribution in [0.3, 0.4) is 0 Å². The Labute approximate surface area is 96.5 Å². The zero-order chi connectivity index (χ0) is 12.0. The SMILES string of the molecule is CC(N)COc1ccc(OCC(C)N)cc1. The lowest BCUT2D eigenvalue weighted by molar-refractivity contribution is 0.288. The summed E-state index contributed by atoms with van der Waals surface area (Å²) in [5.74, 6) is 1.59. The highest BCUT2D eigenvalue weighted by atomic mass is 16.5. The predicted octanol–water partition coefficient (Wildman–Crippen LogP) is 1.14. The third kappa shape index (κ3) is 5.00. The van der Waals surface area contributed by atoms with Crippen molar-refractivity contribution in [3.05, 3.63) is 24.3 Å². The molecule has 4 N–H and O–H groups in total. The minimum absolute atomic E-state index is 0.0361. The summed E-state index contributed by atoms with van der Waals surface area (Å²) in [6, 6.07) is 7.51. The fraction of sp³-hybridized carbons (Fsp3) is 0.500. The number of benzene rings is 1. The lowest BCUT2D eigenvalue weighted by Crippen LogP contribution is -2.24. The summed E-state index contributed by atoms with van der Waals surface area (Å²) in [5, 5.41) is 0. The molecule has 16 heavy (non-hydrogen) atoms. The molecule has 0 aliphatic rings. The van der Waals surface area contributed by atoms with Crippen LogP contribution in [0.1, 0.15) is 13.8 Å². The summed E-state index contributed by atoms with van der Waals surface area (Å²) in [6.07, 6.45) is 0. The van der Waals surface area contributed by atoms with Gasteiger partial charge in [-0.25, -0.2) is 0 Å². The van der Waals surface area contributed by atoms with Gasteiger partial charge in [0.05, 0.1) is 0 Å². The third-order valence-electron chi connectivity index (χ3n) is 1.85. The lowest BCUT2D eigenvalue weighted by Gasteiger charge is -2.11. The smallest absolute Gasteiger partial charge is 0.119 e. The van der Waals surface area contributed by atoms with Crippen molar-refractivity contribution in [2.24, 2.45) is 11.5 Å². The summed E-state index contributed by atoms with van der Waals surface area (Å²) in [5.41, 5.74) is 11.2. The number of nitrogens with two attached hydrogens (primary N) is 2. The van der Waals surface area contributed by atoms with Crippen LogP contribution in [0.25, 0.3) is 0 Å². The summed E-state index contributed by atoms with van der Waals surface area (Å²) < 4.78 is 10.9. The van der Waals surface area contributed by atoms with Crippen molar-refractivity contribution in [2.75, 3.05) is 13.2 Å². The van der Waals surface area contributed by atoms with Crippen molar-refractivity contribution in [2.45, 2.75) is 25.9 Å². The van der Waals surface area contributed by atoms with Crippen LogP contribution in [0, 0.1) is 0 Å². The average molecular weight is 224 g/mol. The average Bonchev–Trinajstić information content (AvgIpc) is 2.25. The zero-order valence-electron chi connectivity index (χ0n) is 9.85. The molecule has 1 aromatic rings. The second-order valence-corrected chi connectivity index (χ2v) is 4.05. The van der Waals surface area contributed by atoms with Gasteiger partial charge in [-0.2, -0.15) is 0 Å². The molecule has 4 heteroatoms. The summed E-state index contributed by atoms with van der Waals surface area (Å²) in [4.78, 5) is 0. The van der Waals surface area contributed by atoms with Crippen molar-refractivity contribution >= 4 is 0 Å². The molecule has 1 rings (SSSR count). The second-order valence-electron chi connectivity index (χ2n) is 4.05. The van der Waals surface area contributed by atoms with Gasteiger partial charge in [-0.15, -0.1) is 0 Å². The highest BCUT2D eigenvalue weighted by molar-refractivity contribution is 5.31. The Hall–Kier alpha value is -1.26. The number of hydrogen-bond donors (Lipinski definition) is 2. The fourth-order valence-electron chi connectivity index (χ4n) is 1.09. The molecule has 0 spiro atoms. The molecule has 0 heterocycles. The van der Waals surface area contributed by atoms with Gasteiger partial charge in [-0.05, 0) is 38.1 Å². The van der Waals surface area contributed by atoms with Gasteiger partial charge < -0.3 is 20.9 Å². The second kappa shape index (κ2) is 6.35. The molecule has 0 amide bonds. The van der Waals surface area contributed by atoms with Crippen molar-refractivity contribution in [3.8, 4) is 11.5 Å². The van der Waals surface area contributed by atoms with Gasteiger partial charge in [-0.3, -0.25) is 0 Å². The van der Waals surface area contributed by atoms with E-state index in [1.54, 1.807) is 0 Å². The first kappa shape index (κ1) is 12.8. The molecule has 0 aliphatic carbocycles. The van der Waals surface area contributed by atoms with E-state index in [0.717, 1.165) is 11.5 Å². The maximum absolute atomic E-state index is 5.59.